The minimum atomic E-state index is -1.29. The lowest BCUT2D eigenvalue weighted by molar-refractivity contribution is -0.0773. The molecule has 0 heterocycles. The highest BCUT2D eigenvalue weighted by Gasteiger charge is 2.57. The van der Waals surface area contributed by atoms with Crippen LogP contribution in [0.2, 0.25) is 0 Å². The van der Waals surface area contributed by atoms with Gasteiger partial charge in [-0.25, -0.2) is 4.79 Å². The van der Waals surface area contributed by atoms with E-state index in [1.807, 2.05) is 91.0 Å². The summed E-state index contributed by atoms with van der Waals surface area (Å²) in [4.78, 5) is 30.6. The van der Waals surface area contributed by atoms with Crippen LogP contribution < -0.4 is 10.1 Å². The van der Waals surface area contributed by atoms with Gasteiger partial charge in [-0.2, -0.15) is 0 Å². The topological polar surface area (TPSA) is 99.1 Å². The Morgan fingerprint density at radius 2 is 1.64 bits per heavy atom. The first-order valence-corrected chi connectivity index (χ1v) is 19.5. The maximum Gasteiger partial charge on any atom is 0.322 e. The molecule has 7 nitrogen and oxygen atoms in total. The number of nitrogens with one attached hydrogen (secondary N) is 1. The zero-order chi connectivity index (χ0) is 38.6. The van der Waals surface area contributed by atoms with E-state index in [9.17, 15) is 19.8 Å². The van der Waals surface area contributed by atoms with Crippen LogP contribution >= 0.6 is 0 Å². The van der Waals surface area contributed by atoms with Crippen molar-refractivity contribution in [3.8, 4) is 5.75 Å². The smallest absolute Gasteiger partial charge is 0.322 e. The van der Waals surface area contributed by atoms with Crippen molar-refractivity contribution in [2.24, 2.45) is 5.41 Å². The number of allylic oxidation sites excluding steroid dienone is 2. The lowest BCUT2D eigenvalue weighted by atomic mass is 9.64. The van der Waals surface area contributed by atoms with E-state index in [2.05, 4.69) is 49.5 Å². The monoisotopic (exact) mass is 736 g/mol. The summed E-state index contributed by atoms with van der Waals surface area (Å²) in [6.45, 7) is 4.66. The molecule has 8 rings (SSSR count). The molecule has 0 unspecified atom stereocenters. The van der Waals surface area contributed by atoms with Crippen molar-refractivity contribution in [2.75, 3.05) is 19.0 Å². The van der Waals surface area contributed by atoms with Gasteiger partial charge in [-0.15, -0.1) is 0 Å². The van der Waals surface area contributed by atoms with E-state index in [0.29, 0.717) is 61.2 Å². The number of methoxy groups -OCH3 is 1. The average Bonchev–Trinajstić information content (AvgIpc) is 3.45. The van der Waals surface area contributed by atoms with Crippen LogP contribution in [0.1, 0.15) is 90.9 Å². The molecule has 0 aromatic heterocycles. The number of benzene rings is 5. The Balaban J connectivity index is 1.30. The molecule has 3 aliphatic rings. The lowest BCUT2D eigenvalue weighted by Gasteiger charge is -2.46. The highest BCUT2D eigenvalue weighted by Crippen LogP contribution is 2.59. The van der Waals surface area contributed by atoms with Crippen LogP contribution in [-0.4, -0.2) is 52.3 Å². The number of aliphatic hydroxyl groups is 2. The van der Waals surface area contributed by atoms with Gasteiger partial charge in [0, 0.05) is 28.8 Å². The number of carbonyl (C=O) groups is 2. The largest absolute Gasteiger partial charge is 0.497 e. The Kier molecular flexibility index (Phi) is 11.2. The Hall–Kier alpha value is -5.24. The predicted octanol–water partition coefficient (Wildman–Crippen LogP) is 9.85. The molecule has 3 aliphatic carbocycles. The van der Waals surface area contributed by atoms with Crippen LogP contribution in [0, 0.1) is 5.41 Å². The molecule has 0 radical (unpaired) electrons. The molecular weight excluding hydrogens is 685 g/mol. The number of carbonyl (C=O) groups excluding carboxylic acids is 2. The van der Waals surface area contributed by atoms with E-state index >= 15 is 0 Å². The van der Waals surface area contributed by atoms with Gasteiger partial charge in [0.1, 0.15) is 5.75 Å². The van der Waals surface area contributed by atoms with Crippen LogP contribution in [0.4, 0.5) is 10.5 Å². The number of hydrogen-bond acceptors (Lipinski definition) is 5. The third-order valence-electron chi connectivity index (χ3n) is 12.3. The van der Waals surface area contributed by atoms with E-state index in [0.717, 1.165) is 40.3 Å². The third kappa shape index (κ3) is 8.10. The summed E-state index contributed by atoms with van der Waals surface area (Å²) in [5.41, 5.74) is 3.87. The molecule has 4 atom stereocenters. The number of nitrogens with zero attached hydrogens (tertiary/aromatic N) is 1. The second-order valence-corrected chi connectivity index (χ2v) is 15.8. The van der Waals surface area contributed by atoms with Crippen molar-refractivity contribution in [3.63, 3.8) is 0 Å². The Morgan fingerprint density at radius 1 is 0.891 bits per heavy atom. The highest BCUT2D eigenvalue weighted by molar-refractivity contribution is 6.10. The predicted molar refractivity (Wildman–Crippen MR) is 220 cm³/mol. The standard InChI is InChI=1S/C48H52N2O5/c1-33-11-10-27-47(2)44(42-25-19-34(29-39(51)22-18-33)30-43(42)45(52)36-13-5-4-6-14-36)26-28-48(47,54)32-50(46(53)49-38-20-23-40(55-3)24-21-38)31-37-16-9-15-35-12-7-8-17-41(35)37/h4-9,11-17,19-21,23-25,30,39,44,51,54H,10,18,22,26-29,31-32H2,1-3H3,(H,49,53)/t39-,44-,47-,48+/m0/s1. The molecule has 3 N–H and O–H groups in total. The summed E-state index contributed by atoms with van der Waals surface area (Å²) in [5.74, 6) is 0.459. The van der Waals surface area contributed by atoms with Gasteiger partial charge in [0.25, 0.3) is 0 Å². The number of ketones is 1. The third-order valence-corrected chi connectivity index (χ3v) is 12.3. The van der Waals surface area contributed by atoms with Gasteiger partial charge >= 0.3 is 6.03 Å². The fourth-order valence-corrected chi connectivity index (χ4v) is 8.97. The second-order valence-electron chi connectivity index (χ2n) is 15.8. The maximum atomic E-state index is 14.4. The van der Waals surface area contributed by atoms with Crippen molar-refractivity contribution < 1.29 is 24.5 Å². The van der Waals surface area contributed by atoms with E-state index in [1.54, 1.807) is 12.0 Å². The molecule has 5 aromatic carbocycles. The minimum Gasteiger partial charge on any atom is -0.497 e. The number of aliphatic hydroxyl groups excluding tert-OH is 1. The zero-order valence-electron chi connectivity index (χ0n) is 32.1. The summed E-state index contributed by atoms with van der Waals surface area (Å²) in [6, 6.07) is 36.7. The maximum absolute atomic E-state index is 14.4. The summed E-state index contributed by atoms with van der Waals surface area (Å²) >= 11 is 0. The van der Waals surface area contributed by atoms with Crippen LogP contribution in [-0.2, 0) is 13.0 Å². The molecule has 0 spiro atoms. The Morgan fingerprint density at radius 3 is 2.42 bits per heavy atom. The number of urea groups is 1. The molecule has 5 aromatic rings. The quantitative estimate of drug-likeness (QED) is 0.109. The summed E-state index contributed by atoms with van der Waals surface area (Å²) in [6.07, 6.45) is 6.05. The summed E-state index contributed by atoms with van der Waals surface area (Å²) in [7, 11) is 1.61. The van der Waals surface area contributed by atoms with Gasteiger partial charge < -0.3 is 25.2 Å². The van der Waals surface area contributed by atoms with Crippen LogP contribution in [0.25, 0.3) is 10.8 Å². The molecular formula is C48H52N2O5. The molecule has 1 saturated carbocycles. The second kappa shape index (κ2) is 16.2. The lowest BCUT2D eigenvalue weighted by Crippen LogP contribution is -2.54. The van der Waals surface area contributed by atoms with E-state index in [1.165, 1.54) is 5.57 Å². The Labute approximate surface area is 324 Å². The van der Waals surface area contributed by atoms with Crippen LogP contribution in [0.5, 0.6) is 5.75 Å². The molecule has 0 saturated heterocycles. The van der Waals surface area contributed by atoms with Gasteiger partial charge in [-0.3, -0.25) is 4.79 Å². The van der Waals surface area contributed by atoms with Gasteiger partial charge in [0.05, 0.1) is 25.4 Å². The summed E-state index contributed by atoms with van der Waals surface area (Å²) in [5, 5.41) is 29.5. The molecule has 55 heavy (non-hydrogen) atoms. The molecule has 2 amide bonds. The number of fused-ring (bicyclic) bond motifs is 9. The molecule has 284 valence electrons. The minimum absolute atomic E-state index is 0.0657. The number of amides is 2. The van der Waals surface area contributed by atoms with Gasteiger partial charge in [-0.1, -0.05) is 104 Å². The zero-order valence-corrected chi connectivity index (χ0v) is 32.1. The van der Waals surface area contributed by atoms with Gasteiger partial charge in [0.15, 0.2) is 5.78 Å². The van der Waals surface area contributed by atoms with E-state index in [4.69, 9.17) is 4.74 Å². The van der Waals surface area contributed by atoms with Crippen molar-refractivity contribution in [1.29, 1.82) is 0 Å². The van der Waals surface area contributed by atoms with E-state index < -0.39 is 17.1 Å². The molecule has 2 bridgehead atoms. The van der Waals surface area contributed by atoms with Crippen molar-refractivity contribution in [2.45, 2.75) is 83.0 Å². The fourth-order valence-electron chi connectivity index (χ4n) is 8.97. The first-order chi connectivity index (χ1) is 26.6. The molecule has 7 heteroatoms. The van der Waals surface area contributed by atoms with Crippen molar-refractivity contribution in [1.82, 2.24) is 4.90 Å². The van der Waals surface area contributed by atoms with Crippen LogP contribution in [0.3, 0.4) is 0 Å². The van der Waals surface area contributed by atoms with Crippen molar-refractivity contribution >= 4 is 28.3 Å². The summed E-state index contributed by atoms with van der Waals surface area (Å²) < 4.78 is 5.34. The number of ether oxygens (including phenoxy) is 1. The first-order valence-electron chi connectivity index (χ1n) is 19.5. The normalized spacial score (nSPS) is 22.7. The highest BCUT2D eigenvalue weighted by atomic mass is 16.5. The first kappa shape index (κ1) is 38.1. The Bertz CT molecular complexity index is 2180. The van der Waals surface area contributed by atoms with Crippen LogP contribution in [0.15, 0.2) is 127 Å². The average molecular weight is 737 g/mol. The molecule has 0 aliphatic heterocycles. The number of anilines is 1. The SMILES string of the molecule is COc1ccc(NC(=O)N(Cc2cccc3ccccc23)C[C@]2(O)CC[C@H]3c4ccc(cc4C(=O)c4ccccc4)C[C@@H](O)CCC(C)=CCC[C@@]32C)cc1. The van der Waals surface area contributed by atoms with Crippen molar-refractivity contribution in [3.05, 3.63) is 155 Å². The fraction of sp³-hybridized carbons (Fsp3) is 0.333. The van der Waals surface area contributed by atoms with E-state index in [-0.39, 0.29) is 24.3 Å². The van der Waals surface area contributed by atoms with Gasteiger partial charge in [-0.05, 0) is 116 Å². The number of rotatable bonds is 8. The number of hydrogen-bond donors (Lipinski definition) is 3. The van der Waals surface area contributed by atoms with Gasteiger partial charge in [0.2, 0.25) is 0 Å². The molecule has 1 fully saturated rings.